The number of nitrogens with two attached hydrogens (primary N) is 1. The number of anilines is 3. The molecule has 0 amide bonds. The molecule has 0 radical (unpaired) electrons. The summed E-state index contributed by atoms with van der Waals surface area (Å²) in [5, 5.41) is 12.3. The summed E-state index contributed by atoms with van der Waals surface area (Å²) >= 11 is 1.42. The van der Waals surface area contributed by atoms with E-state index in [1.165, 1.54) is 17.3 Å². The van der Waals surface area contributed by atoms with Crippen LogP contribution in [0.25, 0.3) is 11.4 Å². The standard InChI is InChI=1S/C21H21N7OS/c1-12-4-5-13(2)16(10-12)24-20-26-19(27-28-20)14-6-8-15(9-7-14)29-17-11-23-21(30-3)25-18(17)22/h4-11H,1-3H3,(H2,22,23,25)(H2,24,26,27,28). The predicted molar refractivity (Wildman–Crippen MR) is 119 cm³/mol. The molecule has 0 saturated heterocycles. The van der Waals surface area contributed by atoms with Gasteiger partial charge in [0.25, 0.3) is 0 Å². The summed E-state index contributed by atoms with van der Waals surface area (Å²) in [5.74, 6) is 2.58. The molecule has 0 aliphatic carbocycles. The minimum Gasteiger partial charge on any atom is -0.452 e. The van der Waals surface area contributed by atoms with Crippen molar-refractivity contribution in [1.29, 1.82) is 0 Å². The summed E-state index contributed by atoms with van der Waals surface area (Å²) in [4.78, 5) is 11.6. The van der Waals surface area contributed by atoms with Gasteiger partial charge in [0.1, 0.15) is 5.75 Å². The average Bonchev–Trinajstić information content (AvgIpc) is 3.21. The number of H-pyrrole nitrogens is 1. The topological polar surface area (TPSA) is 115 Å². The van der Waals surface area contributed by atoms with Crippen LogP contribution in [0.1, 0.15) is 11.1 Å². The molecule has 30 heavy (non-hydrogen) atoms. The van der Waals surface area contributed by atoms with Gasteiger partial charge in [-0.25, -0.2) is 9.97 Å². The number of benzene rings is 2. The number of hydrogen-bond donors (Lipinski definition) is 3. The van der Waals surface area contributed by atoms with Gasteiger partial charge in [-0.15, -0.1) is 10.2 Å². The fourth-order valence-corrected chi connectivity index (χ4v) is 3.15. The fourth-order valence-electron chi connectivity index (χ4n) is 2.80. The van der Waals surface area contributed by atoms with Crippen molar-refractivity contribution in [2.45, 2.75) is 19.0 Å². The molecule has 0 spiro atoms. The maximum absolute atomic E-state index is 5.93. The molecule has 0 aliphatic rings. The van der Waals surface area contributed by atoms with E-state index in [9.17, 15) is 0 Å². The summed E-state index contributed by atoms with van der Waals surface area (Å²) in [5.41, 5.74) is 10.1. The third kappa shape index (κ3) is 4.36. The van der Waals surface area contributed by atoms with E-state index < -0.39 is 0 Å². The summed E-state index contributed by atoms with van der Waals surface area (Å²) in [7, 11) is 0. The number of thioether (sulfide) groups is 1. The number of aromatic amines is 1. The second-order valence-electron chi connectivity index (χ2n) is 6.70. The molecule has 8 nitrogen and oxygen atoms in total. The second kappa shape index (κ2) is 8.42. The van der Waals surface area contributed by atoms with Crippen LogP contribution in [0.3, 0.4) is 0 Å². The Morgan fingerprint density at radius 2 is 1.87 bits per heavy atom. The lowest BCUT2D eigenvalue weighted by Gasteiger charge is -2.08. The van der Waals surface area contributed by atoms with Gasteiger partial charge in [0, 0.05) is 11.3 Å². The van der Waals surface area contributed by atoms with Crippen LogP contribution in [0, 0.1) is 13.8 Å². The minimum absolute atomic E-state index is 0.302. The molecule has 0 atom stereocenters. The van der Waals surface area contributed by atoms with E-state index in [0.29, 0.717) is 34.2 Å². The number of aromatic nitrogens is 5. The van der Waals surface area contributed by atoms with Crippen LogP contribution >= 0.6 is 11.8 Å². The third-order valence-corrected chi connectivity index (χ3v) is 4.99. The van der Waals surface area contributed by atoms with Crippen LogP contribution in [-0.2, 0) is 0 Å². The Morgan fingerprint density at radius 3 is 2.60 bits per heavy atom. The van der Waals surface area contributed by atoms with Crippen LogP contribution in [-0.4, -0.2) is 31.4 Å². The van der Waals surface area contributed by atoms with Gasteiger partial charge in [0.2, 0.25) is 5.95 Å². The van der Waals surface area contributed by atoms with Crippen LogP contribution < -0.4 is 15.8 Å². The lowest BCUT2D eigenvalue weighted by atomic mass is 10.1. The number of hydrogen-bond acceptors (Lipinski definition) is 8. The zero-order valence-electron chi connectivity index (χ0n) is 16.8. The van der Waals surface area contributed by atoms with Crippen LogP contribution in [0.2, 0.25) is 0 Å². The Bertz CT molecular complexity index is 1170. The molecule has 0 saturated carbocycles. The summed E-state index contributed by atoms with van der Waals surface area (Å²) in [6.45, 7) is 4.10. The Labute approximate surface area is 178 Å². The number of aryl methyl sites for hydroxylation is 2. The van der Waals surface area contributed by atoms with Crippen molar-refractivity contribution in [2.24, 2.45) is 0 Å². The molecular weight excluding hydrogens is 398 g/mol. The Hall–Kier alpha value is -3.59. The van der Waals surface area contributed by atoms with E-state index in [4.69, 9.17) is 10.5 Å². The number of rotatable bonds is 6. The number of nitrogens with one attached hydrogen (secondary N) is 2. The van der Waals surface area contributed by atoms with Crippen molar-refractivity contribution in [1.82, 2.24) is 25.1 Å². The van der Waals surface area contributed by atoms with Gasteiger partial charge in [0.15, 0.2) is 22.5 Å². The van der Waals surface area contributed by atoms with E-state index in [1.807, 2.05) is 37.4 Å². The number of ether oxygens (including phenoxy) is 1. The summed E-state index contributed by atoms with van der Waals surface area (Å²) in [6, 6.07) is 13.7. The van der Waals surface area contributed by atoms with Gasteiger partial charge < -0.3 is 20.8 Å². The van der Waals surface area contributed by atoms with Crippen molar-refractivity contribution in [3.8, 4) is 22.9 Å². The molecular formula is C21H21N7OS. The fraction of sp³-hybridized carbons (Fsp3) is 0.143. The van der Waals surface area contributed by atoms with Crippen molar-refractivity contribution in [2.75, 3.05) is 17.3 Å². The summed E-state index contributed by atoms with van der Waals surface area (Å²) in [6.07, 6.45) is 3.46. The van der Waals surface area contributed by atoms with E-state index in [-0.39, 0.29) is 0 Å². The first kappa shape index (κ1) is 19.7. The lowest BCUT2D eigenvalue weighted by Crippen LogP contribution is -1.98. The quantitative estimate of drug-likeness (QED) is 0.304. The first-order chi connectivity index (χ1) is 14.5. The molecule has 2 aromatic carbocycles. The zero-order valence-corrected chi connectivity index (χ0v) is 17.6. The van der Waals surface area contributed by atoms with Crippen molar-refractivity contribution >= 4 is 29.2 Å². The lowest BCUT2D eigenvalue weighted by molar-refractivity contribution is 0.478. The minimum atomic E-state index is 0.302. The van der Waals surface area contributed by atoms with Crippen LogP contribution in [0.15, 0.2) is 53.8 Å². The van der Waals surface area contributed by atoms with Gasteiger partial charge >= 0.3 is 0 Å². The Balaban J connectivity index is 1.47. The Kier molecular flexibility index (Phi) is 5.53. The largest absolute Gasteiger partial charge is 0.452 e. The molecule has 0 unspecified atom stereocenters. The van der Waals surface area contributed by atoms with E-state index >= 15 is 0 Å². The highest BCUT2D eigenvalue weighted by molar-refractivity contribution is 7.98. The Morgan fingerprint density at radius 1 is 1.07 bits per heavy atom. The molecule has 4 rings (SSSR count). The van der Waals surface area contributed by atoms with Gasteiger partial charge in [0.05, 0.1) is 6.20 Å². The summed E-state index contributed by atoms with van der Waals surface area (Å²) < 4.78 is 5.79. The SMILES string of the molecule is CSc1ncc(Oc2ccc(-c3nnc(Nc4cc(C)ccc4C)[nH]3)cc2)c(N)n1. The molecule has 152 valence electrons. The number of nitrogens with zero attached hydrogens (tertiary/aromatic N) is 4. The van der Waals surface area contributed by atoms with Crippen molar-refractivity contribution in [3.05, 3.63) is 59.8 Å². The average molecular weight is 420 g/mol. The highest BCUT2D eigenvalue weighted by Crippen LogP contribution is 2.28. The second-order valence-corrected chi connectivity index (χ2v) is 7.47. The molecule has 9 heteroatoms. The smallest absolute Gasteiger partial charge is 0.226 e. The van der Waals surface area contributed by atoms with E-state index in [2.05, 4.69) is 55.6 Å². The van der Waals surface area contributed by atoms with Gasteiger partial charge in [-0.3, -0.25) is 0 Å². The van der Waals surface area contributed by atoms with Crippen LogP contribution in [0.5, 0.6) is 11.5 Å². The predicted octanol–water partition coefficient (Wildman–Crippen LogP) is 4.72. The van der Waals surface area contributed by atoms with Crippen molar-refractivity contribution in [3.63, 3.8) is 0 Å². The monoisotopic (exact) mass is 419 g/mol. The van der Waals surface area contributed by atoms with E-state index in [1.54, 1.807) is 6.20 Å². The maximum atomic E-state index is 5.93. The van der Waals surface area contributed by atoms with Crippen LogP contribution in [0.4, 0.5) is 17.5 Å². The van der Waals surface area contributed by atoms with Gasteiger partial charge in [-0.05, 0) is 61.6 Å². The maximum Gasteiger partial charge on any atom is 0.226 e. The highest BCUT2D eigenvalue weighted by Gasteiger charge is 2.09. The first-order valence-electron chi connectivity index (χ1n) is 9.23. The van der Waals surface area contributed by atoms with Gasteiger partial charge in [-0.2, -0.15) is 0 Å². The molecule has 2 aromatic heterocycles. The number of nitrogen functional groups attached to an aromatic ring is 1. The molecule has 0 fully saturated rings. The van der Waals surface area contributed by atoms with Gasteiger partial charge in [-0.1, -0.05) is 23.9 Å². The highest BCUT2D eigenvalue weighted by atomic mass is 32.2. The zero-order chi connectivity index (χ0) is 21.1. The molecule has 0 bridgehead atoms. The molecule has 2 heterocycles. The van der Waals surface area contributed by atoms with E-state index in [0.717, 1.165) is 16.8 Å². The third-order valence-electron chi connectivity index (χ3n) is 4.43. The molecule has 4 aromatic rings. The normalized spacial score (nSPS) is 10.8. The first-order valence-corrected chi connectivity index (χ1v) is 10.5. The molecule has 0 aliphatic heterocycles. The van der Waals surface area contributed by atoms with Crippen molar-refractivity contribution < 1.29 is 4.74 Å². The molecule has 4 N–H and O–H groups in total.